The van der Waals surface area contributed by atoms with Crippen molar-refractivity contribution in [2.45, 2.75) is 13.3 Å². The van der Waals surface area contributed by atoms with Crippen LogP contribution in [0.3, 0.4) is 0 Å². The lowest BCUT2D eigenvalue weighted by Crippen LogP contribution is -2.40. The number of amides is 2. The third kappa shape index (κ3) is 6.27. The molecule has 0 aliphatic carbocycles. The standard InChI is InChI=1S/C22H25N3O4S/c1-2-16-6-8-19(9-7-16)29-15-20(26)24-22(30)23-18-5-3-4-17(14-18)21(27)25-10-12-28-13-11-25/h3-9,14H,2,10-13,15H2,1H3,(H2,23,24,26,30). The quantitative estimate of drug-likeness (QED) is 0.690. The molecule has 1 aliphatic heterocycles. The summed E-state index contributed by atoms with van der Waals surface area (Å²) in [5.74, 6) is 0.197. The molecule has 8 heteroatoms. The first-order chi connectivity index (χ1) is 14.5. The smallest absolute Gasteiger partial charge is 0.264 e. The molecule has 0 atom stereocenters. The number of morpholine rings is 1. The first kappa shape index (κ1) is 21.7. The van der Waals surface area contributed by atoms with Crippen LogP contribution >= 0.6 is 12.2 Å². The van der Waals surface area contributed by atoms with E-state index in [2.05, 4.69) is 17.6 Å². The van der Waals surface area contributed by atoms with E-state index >= 15 is 0 Å². The summed E-state index contributed by atoms with van der Waals surface area (Å²) in [5, 5.41) is 5.65. The van der Waals surface area contributed by atoms with E-state index in [0.29, 0.717) is 43.3 Å². The van der Waals surface area contributed by atoms with Crippen molar-refractivity contribution in [2.75, 3.05) is 38.2 Å². The van der Waals surface area contributed by atoms with E-state index in [-0.39, 0.29) is 23.5 Å². The summed E-state index contributed by atoms with van der Waals surface area (Å²) in [5.41, 5.74) is 2.37. The molecule has 0 bridgehead atoms. The third-order valence-electron chi connectivity index (χ3n) is 4.62. The zero-order valence-corrected chi connectivity index (χ0v) is 17.7. The largest absolute Gasteiger partial charge is 0.484 e. The minimum absolute atomic E-state index is 0.0561. The van der Waals surface area contributed by atoms with Gasteiger partial charge in [0.05, 0.1) is 13.2 Å². The number of benzene rings is 2. The molecule has 2 aromatic rings. The number of rotatable bonds is 6. The second kappa shape index (κ2) is 10.7. The van der Waals surface area contributed by atoms with Crippen LogP contribution in [0.15, 0.2) is 48.5 Å². The summed E-state index contributed by atoms with van der Waals surface area (Å²) in [6, 6.07) is 14.6. The summed E-state index contributed by atoms with van der Waals surface area (Å²) in [6.07, 6.45) is 0.944. The highest BCUT2D eigenvalue weighted by atomic mass is 32.1. The fourth-order valence-electron chi connectivity index (χ4n) is 2.97. The lowest BCUT2D eigenvalue weighted by Gasteiger charge is -2.27. The number of carbonyl (C=O) groups is 2. The molecular formula is C22H25N3O4S. The van der Waals surface area contributed by atoms with Crippen LogP contribution in [0.1, 0.15) is 22.8 Å². The van der Waals surface area contributed by atoms with Crippen LogP contribution in [0, 0.1) is 0 Å². The van der Waals surface area contributed by atoms with Crippen molar-refractivity contribution in [3.05, 3.63) is 59.7 Å². The normalized spacial score (nSPS) is 13.4. The van der Waals surface area contributed by atoms with E-state index in [1.807, 2.05) is 24.3 Å². The minimum Gasteiger partial charge on any atom is -0.484 e. The molecule has 2 N–H and O–H groups in total. The van der Waals surface area contributed by atoms with Crippen LogP contribution in [0.2, 0.25) is 0 Å². The van der Waals surface area contributed by atoms with Crippen molar-refractivity contribution >= 4 is 34.8 Å². The second-order valence-corrected chi connectivity index (χ2v) is 7.18. The maximum atomic E-state index is 12.6. The second-order valence-electron chi connectivity index (χ2n) is 6.77. The molecule has 1 aliphatic rings. The van der Waals surface area contributed by atoms with Crippen LogP contribution < -0.4 is 15.4 Å². The molecule has 1 fully saturated rings. The monoisotopic (exact) mass is 427 g/mol. The number of ether oxygens (including phenoxy) is 2. The fraction of sp³-hybridized carbons (Fsp3) is 0.318. The molecule has 1 heterocycles. The number of carbonyl (C=O) groups excluding carboxylic acids is 2. The van der Waals surface area contributed by atoms with Gasteiger partial charge >= 0.3 is 0 Å². The zero-order chi connectivity index (χ0) is 21.3. The highest BCUT2D eigenvalue weighted by Gasteiger charge is 2.18. The van der Waals surface area contributed by atoms with E-state index in [0.717, 1.165) is 6.42 Å². The fourth-order valence-corrected chi connectivity index (χ4v) is 3.21. The van der Waals surface area contributed by atoms with E-state index in [1.54, 1.807) is 29.2 Å². The van der Waals surface area contributed by atoms with E-state index < -0.39 is 0 Å². The molecule has 7 nitrogen and oxygen atoms in total. The Bertz CT molecular complexity index is 896. The van der Waals surface area contributed by atoms with Gasteiger partial charge in [-0.05, 0) is 54.5 Å². The number of nitrogens with zero attached hydrogens (tertiary/aromatic N) is 1. The molecule has 158 valence electrons. The molecule has 3 rings (SSSR count). The first-order valence-electron chi connectivity index (χ1n) is 9.85. The minimum atomic E-state index is -0.368. The predicted octanol–water partition coefficient (Wildman–Crippen LogP) is 2.61. The third-order valence-corrected chi connectivity index (χ3v) is 4.82. The number of anilines is 1. The zero-order valence-electron chi connectivity index (χ0n) is 16.8. The van der Waals surface area contributed by atoms with Crippen molar-refractivity contribution in [1.29, 1.82) is 0 Å². The van der Waals surface area contributed by atoms with Gasteiger partial charge in [0, 0.05) is 24.3 Å². The molecule has 0 radical (unpaired) electrons. The van der Waals surface area contributed by atoms with Gasteiger partial charge in [-0.1, -0.05) is 25.1 Å². The maximum absolute atomic E-state index is 12.6. The van der Waals surface area contributed by atoms with Gasteiger partial charge in [-0.15, -0.1) is 0 Å². The first-order valence-corrected chi connectivity index (χ1v) is 10.3. The summed E-state index contributed by atoms with van der Waals surface area (Å²) in [7, 11) is 0. The Morgan fingerprint density at radius 3 is 2.57 bits per heavy atom. The lowest BCUT2D eigenvalue weighted by atomic mass is 10.1. The van der Waals surface area contributed by atoms with Crippen molar-refractivity contribution < 1.29 is 19.1 Å². The predicted molar refractivity (Wildman–Crippen MR) is 119 cm³/mol. The summed E-state index contributed by atoms with van der Waals surface area (Å²) in [4.78, 5) is 26.4. The summed E-state index contributed by atoms with van der Waals surface area (Å²) < 4.78 is 10.8. The van der Waals surface area contributed by atoms with E-state index in [9.17, 15) is 9.59 Å². The number of thiocarbonyl (C=S) groups is 1. The van der Waals surface area contributed by atoms with Gasteiger partial charge in [0.1, 0.15) is 5.75 Å². The highest BCUT2D eigenvalue weighted by Crippen LogP contribution is 2.14. The van der Waals surface area contributed by atoms with Crippen LogP contribution in [-0.2, 0) is 16.0 Å². The Morgan fingerprint density at radius 2 is 1.87 bits per heavy atom. The maximum Gasteiger partial charge on any atom is 0.264 e. The molecule has 1 saturated heterocycles. The van der Waals surface area contributed by atoms with Gasteiger partial charge in [0.15, 0.2) is 11.7 Å². The van der Waals surface area contributed by atoms with Crippen molar-refractivity contribution in [2.24, 2.45) is 0 Å². The topological polar surface area (TPSA) is 79.9 Å². The Morgan fingerprint density at radius 1 is 1.13 bits per heavy atom. The van der Waals surface area contributed by atoms with Crippen LogP contribution in [0.5, 0.6) is 5.75 Å². The molecule has 0 unspecified atom stereocenters. The molecule has 2 aromatic carbocycles. The molecule has 0 aromatic heterocycles. The highest BCUT2D eigenvalue weighted by molar-refractivity contribution is 7.80. The summed E-state index contributed by atoms with van der Waals surface area (Å²) >= 11 is 5.20. The van der Waals surface area contributed by atoms with Crippen LogP contribution in [0.25, 0.3) is 0 Å². The van der Waals surface area contributed by atoms with Gasteiger partial charge in [0.25, 0.3) is 11.8 Å². The number of hydrogen-bond donors (Lipinski definition) is 2. The van der Waals surface area contributed by atoms with Crippen molar-refractivity contribution in [3.8, 4) is 5.75 Å². The molecular weight excluding hydrogens is 402 g/mol. The van der Waals surface area contributed by atoms with Gasteiger partial charge < -0.3 is 19.7 Å². The van der Waals surface area contributed by atoms with Crippen molar-refractivity contribution in [3.63, 3.8) is 0 Å². The van der Waals surface area contributed by atoms with Crippen molar-refractivity contribution in [1.82, 2.24) is 10.2 Å². The molecule has 0 saturated carbocycles. The van der Waals surface area contributed by atoms with Gasteiger partial charge in [-0.2, -0.15) is 0 Å². The van der Waals surface area contributed by atoms with Crippen LogP contribution in [-0.4, -0.2) is 54.7 Å². The van der Waals surface area contributed by atoms with Gasteiger partial charge in [0.2, 0.25) is 0 Å². The van der Waals surface area contributed by atoms with Gasteiger partial charge in [-0.3, -0.25) is 14.9 Å². The molecule has 0 spiro atoms. The average Bonchev–Trinajstić information content (AvgIpc) is 2.78. The number of aryl methyl sites for hydroxylation is 1. The van der Waals surface area contributed by atoms with Crippen LogP contribution in [0.4, 0.5) is 5.69 Å². The summed E-state index contributed by atoms with van der Waals surface area (Å²) in [6.45, 7) is 4.17. The Hall–Kier alpha value is -2.97. The number of hydrogen-bond acceptors (Lipinski definition) is 5. The molecule has 30 heavy (non-hydrogen) atoms. The molecule has 2 amide bonds. The average molecular weight is 428 g/mol. The lowest BCUT2D eigenvalue weighted by molar-refractivity contribution is -0.121. The Balaban J connectivity index is 1.49. The Labute approximate surface area is 181 Å². The Kier molecular flexibility index (Phi) is 7.75. The van der Waals surface area contributed by atoms with E-state index in [4.69, 9.17) is 21.7 Å². The SMILES string of the molecule is CCc1ccc(OCC(=O)NC(=S)Nc2cccc(C(=O)N3CCOCC3)c2)cc1. The van der Waals surface area contributed by atoms with Gasteiger partial charge in [-0.25, -0.2) is 0 Å². The van der Waals surface area contributed by atoms with E-state index in [1.165, 1.54) is 5.56 Å². The number of nitrogens with one attached hydrogen (secondary N) is 2.